The number of nitrogens with one attached hydrogen (secondary N) is 1. The molecule has 32 heavy (non-hydrogen) atoms. The zero-order valence-electron chi connectivity index (χ0n) is 17.7. The van der Waals surface area contributed by atoms with Crippen molar-refractivity contribution in [2.24, 2.45) is 17.6 Å². The summed E-state index contributed by atoms with van der Waals surface area (Å²) in [5.74, 6) is 0.942. The molecule has 0 radical (unpaired) electrons. The van der Waals surface area contributed by atoms with E-state index in [0.717, 1.165) is 34.6 Å². The minimum atomic E-state index is -4.52. The Morgan fingerprint density at radius 1 is 0.906 bits per heavy atom. The molecule has 2 fully saturated rings. The SMILES string of the molecule is Cc1cc(Nc2nccc(C(F)(F)F)n2)cc(-c2ccc(C(N)(C3CC3)C3CC3)nc2)c1. The van der Waals surface area contributed by atoms with E-state index in [9.17, 15) is 13.2 Å². The number of nitrogens with two attached hydrogens (primary N) is 1. The van der Waals surface area contributed by atoms with Crippen LogP contribution in [-0.4, -0.2) is 15.0 Å². The van der Waals surface area contributed by atoms with Crippen LogP contribution < -0.4 is 11.1 Å². The van der Waals surface area contributed by atoms with Gasteiger partial charge in [-0.2, -0.15) is 13.2 Å². The van der Waals surface area contributed by atoms with Gasteiger partial charge in [-0.05, 0) is 79.8 Å². The minimum Gasteiger partial charge on any atom is -0.324 e. The van der Waals surface area contributed by atoms with E-state index in [-0.39, 0.29) is 11.5 Å². The molecule has 8 heteroatoms. The van der Waals surface area contributed by atoms with E-state index in [4.69, 9.17) is 10.7 Å². The molecule has 0 spiro atoms. The number of aryl methyl sites for hydroxylation is 1. The summed E-state index contributed by atoms with van der Waals surface area (Å²) >= 11 is 0. The van der Waals surface area contributed by atoms with Crippen LogP contribution in [0.15, 0.2) is 48.8 Å². The van der Waals surface area contributed by atoms with Gasteiger partial charge in [0.25, 0.3) is 0 Å². The number of rotatable bonds is 6. The van der Waals surface area contributed by atoms with Crippen LogP contribution in [0, 0.1) is 18.8 Å². The van der Waals surface area contributed by atoms with Crippen molar-refractivity contribution in [3.63, 3.8) is 0 Å². The van der Waals surface area contributed by atoms with Crippen LogP contribution in [0.2, 0.25) is 0 Å². The highest BCUT2D eigenvalue weighted by molar-refractivity contribution is 5.70. The third kappa shape index (κ3) is 4.07. The maximum Gasteiger partial charge on any atom is 0.433 e. The Hall–Kier alpha value is -3.00. The van der Waals surface area contributed by atoms with Gasteiger partial charge >= 0.3 is 6.18 Å². The summed E-state index contributed by atoms with van der Waals surface area (Å²) in [6.45, 7) is 1.93. The molecule has 5 nitrogen and oxygen atoms in total. The number of benzene rings is 1. The third-order valence-corrected chi connectivity index (χ3v) is 6.33. The van der Waals surface area contributed by atoms with Gasteiger partial charge in [-0.3, -0.25) is 4.98 Å². The number of aromatic nitrogens is 3. The van der Waals surface area contributed by atoms with E-state index in [0.29, 0.717) is 17.5 Å². The second-order valence-electron chi connectivity index (χ2n) is 8.89. The Morgan fingerprint density at radius 3 is 2.22 bits per heavy atom. The van der Waals surface area contributed by atoms with Crippen LogP contribution in [-0.2, 0) is 11.7 Å². The number of halogens is 3. The van der Waals surface area contributed by atoms with Crippen molar-refractivity contribution in [2.75, 3.05) is 5.32 Å². The molecule has 1 aromatic carbocycles. The Morgan fingerprint density at radius 2 is 1.62 bits per heavy atom. The first-order chi connectivity index (χ1) is 15.2. The molecule has 2 saturated carbocycles. The molecule has 0 unspecified atom stereocenters. The molecule has 3 aromatic rings. The number of pyridine rings is 1. The second kappa shape index (κ2) is 7.55. The lowest BCUT2D eigenvalue weighted by atomic mass is 9.84. The average Bonchev–Trinajstić information content (AvgIpc) is 3.64. The van der Waals surface area contributed by atoms with E-state index >= 15 is 0 Å². The number of nitrogens with zero attached hydrogens (tertiary/aromatic N) is 3. The standard InChI is InChI=1S/C24H24F3N5/c1-14-10-16(12-19(11-14)31-22-29-9-8-21(32-22)24(25,26)27)15-2-7-20(30-13-15)23(28,17-3-4-17)18-5-6-18/h2,7-13,17-18H,3-6,28H2,1H3,(H,29,31,32). The highest BCUT2D eigenvalue weighted by Crippen LogP contribution is 2.55. The number of alkyl halides is 3. The first-order valence-corrected chi connectivity index (χ1v) is 10.8. The summed E-state index contributed by atoms with van der Waals surface area (Å²) in [7, 11) is 0. The van der Waals surface area contributed by atoms with Gasteiger partial charge in [0.2, 0.25) is 5.95 Å². The predicted molar refractivity (Wildman–Crippen MR) is 116 cm³/mol. The van der Waals surface area contributed by atoms with Crippen molar-refractivity contribution in [3.8, 4) is 11.1 Å². The minimum absolute atomic E-state index is 0.105. The Labute approximate surface area is 184 Å². The van der Waals surface area contributed by atoms with Gasteiger partial charge in [0.1, 0.15) is 5.69 Å². The van der Waals surface area contributed by atoms with Crippen LogP contribution in [0.5, 0.6) is 0 Å². The molecule has 2 aromatic heterocycles. The van der Waals surface area contributed by atoms with E-state index in [1.165, 1.54) is 25.7 Å². The van der Waals surface area contributed by atoms with Crippen LogP contribution in [0.25, 0.3) is 11.1 Å². The van der Waals surface area contributed by atoms with Gasteiger partial charge in [0.15, 0.2) is 0 Å². The van der Waals surface area contributed by atoms with Gasteiger partial charge in [-0.15, -0.1) is 0 Å². The molecular weight excluding hydrogens is 415 g/mol. The summed E-state index contributed by atoms with van der Waals surface area (Å²) in [6.07, 6.45) is 3.07. The van der Waals surface area contributed by atoms with E-state index in [1.54, 1.807) is 0 Å². The Kier molecular flexibility index (Phi) is 4.93. The number of anilines is 2. The predicted octanol–water partition coefficient (Wildman–Crippen LogP) is 5.58. The Bertz CT molecular complexity index is 1120. The summed E-state index contributed by atoms with van der Waals surface area (Å²) in [5.41, 5.74) is 9.85. The molecule has 5 rings (SSSR count). The molecule has 2 aliphatic rings. The van der Waals surface area contributed by atoms with Gasteiger partial charge in [-0.1, -0.05) is 12.1 Å². The van der Waals surface area contributed by atoms with Crippen LogP contribution in [0.1, 0.15) is 42.6 Å². The van der Waals surface area contributed by atoms with Crippen molar-refractivity contribution in [1.82, 2.24) is 15.0 Å². The molecular formula is C24H24F3N5. The van der Waals surface area contributed by atoms with Gasteiger partial charge in [0, 0.05) is 23.6 Å². The van der Waals surface area contributed by atoms with Crippen LogP contribution in [0.3, 0.4) is 0 Å². The first kappa shape index (κ1) is 20.9. The maximum absolute atomic E-state index is 12.9. The highest BCUT2D eigenvalue weighted by atomic mass is 19.4. The smallest absolute Gasteiger partial charge is 0.324 e. The Balaban J connectivity index is 1.41. The van der Waals surface area contributed by atoms with Gasteiger partial charge < -0.3 is 11.1 Å². The van der Waals surface area contributed by atoms with Crippen LogP contribution >= 0.6 is 0 Å². The van der Waals surface area contributed by atoms with E-state index in [1.807, 2.05) is 43.5 Å². The van der Waals surface area contributed by atoms with Crippen molar-refractivity contribution < 1.29 is 13.2 Å². The third-order valence-electron chi connectivity index (χ3n) is 6.33. The molecule has 0 amide bonds. The van der Waals surface area contributed by atoms with E-state index in [2.05, 4.69) is 15.3 Å². The topological polar surface area (TPSA) is 76.7 Å². The van der Waals surface area contributed by atoms with E-state index < -0.39 is 11.9 Å². The lowest BCUT2D eigenvalue weighted by Gasteiger charge is -2.29. The lowest BCUT2D eigenvalue weighted by Crippen LogP contribution is -2.42. The largest absolute Gasteiger partial charge is 0.433 e. The highest BCUT2D eigenvalue weighted by Gasteiger charge is 2.53. The summed E-state index contributed by atoms with van der Waals surface area (Å²) < 4.78 is 38.8. The molecule has 0 atom stereocenters. The molecule has 0 saturated heterocycles. The molecule has 2 aliphatic carbocycles. The lowest BCUT2D eigenvalue weighted by molar-refractivity contribution is -0.141. The quantitative estimate of drug-likeness (QED) is 0.524. The van der Waals surface area contributed by atoms with Crippen molar-refractivity contribution in [2.45, 2.75) is 44.3 Å². The van der Waals surface area contributed by atoms with Crippen LogP contribution in [0.4, 0.5) is 24.8 Å². The summed E-state index contributed by atoms with van der Waals surface area (Å²) in [5, 5.41) is 2.89. The molecule has 166 valence electrons. The fourth-order valence-corrected chi connectivity index (χ4v) is 4.42. The average molecular weight is 439 g/mol. The molecule has 0 bridgehead atoms. The van der Waals surface area contributed by atoms with Gasteiger partial charge in [-0.25, -0.2) is 9.97 Å². The monoisotopic (exact) mass is 439 g/mol. The number of hydrogen-bond acceptors (Lipinski definition) is 5. The molecule has 2 heterocycles. The normalized spacial score (nSPS) is 16.8. The van der Waals surface area contributed by atoms with Gasteiger partial charge in [0.05, 0.1) is 11.2 Å². The second-order valence-corrected chi connectivity index (χ2v) is 8.89. The van der Waals surface area contributed by atoms with Crippen molar-refractivity contribution in [1.29, 1.82) is 0 Å². The maximum atomic E-state index is 12.9. The fourth-order valence-electron chi connectivity index (χ4n) is 4.42. The number of hydrogen-bond donors (Lipinski definition) is 2. The fraction of sp³-hybridized carbons (Fsp3) is 0.375. The molecule has 3 N–H and O–H groups in total. The molecule has 0 aliphatic heterocycles. The first-order valence-electron chi connectivity index (χ1n) is 10.8. The zero-order valence-corrected chi connectivity index (χ0v) is 17.7. The zero-order chi connectivity index (χ0) is 22.5. The van der Waals surface area contributed by atoms with Crippen molar-refractivity contribution in [3.05, 3.63) is 65.7 Å². The van der Waals surface area contributed by atoms with Crippen molar-refractivity contribution >= 4 is 11.6 Å². The summed E-state index contributed by atoms with van der Waals surface area (Å²) in [4.78, 5) is 12.2. The summed E-state index contributed by atoms with van der Waals surface area (Å²) in [6, 6.07) is 10.6.